The van der Waals surface area contributed by atoms with Gasteiger partial charge in [0.1, 0.15) is 0 Å². The number of aryl methyl sites for hydroxylation is 1. The fourth-order valence-electron chi connectivity index (χ4n) is 2.01. The third-order valence-electron chi connectivity index (χ3n) is 3.17. The van der Waals surface area contributed by atoms with Gasteiger partial charge in [-0.25, -0.2) is 4.98 Å². The monoisotopic (exact) mass is 213 g/mol. The summed E-state index contributed by atoms with van der Waals surface area (Å²) in [7, 11) is 0. The lowest BCUT2D eigenvalue weighted by Gasteiger charge is -2.29. The van der Waals surface area contributed by atoms with E-state index in [9.17, 15) is 0 Å². The van der Waals surface area contributed by atoms with Crippen molar-refractivity contribution in [3.8, 4) is 11.3 Å². The van der Waals surface area contributed by atoms with Crippen LogP contribution in [-0.2, 0) is 0 Å². The van der Waals surface area contributed by atoms with E-state index >= 15 is 0 Å². The second kappa shape index (κ2) is 3.76. The Hall–Kier alpha value is -1.61. The van der Waals surface area contributed by atoms with E-state index in [0.29, 0.717) is 6.04 Å². The van der Waals surface area contributed by atoms with Crippen molar-refractivity contribution >= 4 is 0 Å². The van der Waals surface area contributed by atoms with Gasteiger partial charge in [0.2, 0.25) is 0 Å². The largest absolute Gasteiger partial charge is 0.325 e. The lowest BCUT2D eigenvalue weighted by atomic mass is 10.1. The van der Waals surface area contributed by atoms with E-state index in [2.05, 4.69) is 46.1 Å². The molecule has 1 saturated heterocycles. The van der Waals surface area contributed by atoms with Crippen LogP contribution in [0.2, 0.25) is 0 Å². The van der Waals surface area contributed by atoms with Gasteiger partial charge in [-0.3, -0.25) is 0 Å². The Kier molecular flexibility index (Phi) is 2.26. The van der Waals surface area contributed by atoms with E-state index in [1.54, 1.807) is 0 Å². The highest BCUT2D eigenvalue weighted by Crippen LogP contribution is 2.24. The van der Waals surface area contributed by atoms with Crippen molar-refractivity contribution in [1.29, 1.82) is 0 Å². The fraction of sp³-hybridized carbons (Fsp3) is 0.308. The molecule has 1 N–H and O–H groups in total. The molecular formula is C13H15N3. The van der Waals surface area contributed by atoms with E-state index in [-0.39, 0.29) is 0 Å². The van der Waals surface area contributed by atoms with Crippen LogP contribution in [0, 0.1) is 6.92 Å². The third kappa shape index (κ3) is 1.53. The second-order valence-corrected chi connectivity index (χ2v) is 4.36. The summed E-state index contributed by atoms with van der Waals surface area (Å²) in [5, 5.41) is 3.29. The van der Waals surface area contributed by atoms with Gasteiger partial charge in [0.15, 0.2) is 0 Å². The minimum Gasteiger partial charge on any atom is -0.325 e. The van der Waals surface area contributed by atoms with Gasteiger partial charge in [-0.1, -0.05) is 29.8 Å². The first-order valence-corrected chi connectivity index (χ1v) is 5.64. The summed E-state index contributed by atoms with van der Waals surface area (Å²) < 4.78 is 2.27. The summed E-state index contributed by atoms with van der Waals surface area (Å²) in [5.41, 5.74) is 3.75. The molecule has 1 fully saturated rings. The molecule has 0 atom stereocenters. The number of rotatable bonds is 2. The minimum absolute atomic E-state index is 0.568. The maximum absolute atomic E-state index is 4.26. The van der Waals surface area contributed by atoms with Gasteiger partial charge < -0.3 is 9.88 Å². The van der Waals surface area contributed by atoms with Gasteiger partial charge in [0.05, 0.1) is 24.3 Å². The van der Waals surface area contributed by atoms with Gasteiger partial charge >= 0.3 is 0 Å². The van der Waals surface area contributed by atoms with Gasteiger partial charge in [0, 0.05) is 13.1 Å². The van der Waals surface area contributed by atoms with Gasteiger partial charge in [-0.15, -0.1) is 0 Å². The van der Waals surface area contributed by atoms with E-state index in [4.69, 9.17) is 0 Å². The van der Waals surface area contributed by atoms with E-state index in [0.717, 1.165) is 13.1 Å². The molecule has 3 nitrogen and oxygen atoms in total. The van der Waals surface area contributed by atoms with Crippen molar-refractivity contribution in [3.63, 3.8) is 0 Å². The summed E-state index contributed by atoms with van der Waals surface area (Å²) >= 11 is 0. The number of hydrogen-bond donors (Lipinski definition) is 1. The van der Waals surface area contributed by atoms with Crippen LogP contribution in [-0.4, -0.2) is 22.6 Å². The quantitative estimate of drug-likeness (QED) is 0.827. The zero-order valence-electron chi connectivity index (χ0n) is 9.35. The lowest BCUT2D eigenvalue weighted by molar-refractivity contribution is 0.346. The number of nitrogens with one attached hydrogen (secondary N) is 1. The SMILES string of the molecule is Cc1ccc(-c2cncn2C2CNC2)cc1. The molecule has 3 rings (SSSR count). The number of benzene rings is 1. The molecule has 2 aromatic rings. The molecule has 0 bridgehead atoms. The number of aromatic nitrogens is 2. The molecule has 82 valence electrons. The molecule has 1 aromatic carbocycles. The van der Waals surface area contributed by atoms with Crippen LogP contribution < -0.4 is 5.32 Å². The van der Waals surface area contributed by atoms with Crippen molar-refractivity contribution in [1.82, 2.24) is 14.9 Å². The maximum atomic E-state index is 4.26. The fourth-order valence-corrected chi connectivity index (χ4v) is 2.01. The predicted octanol–water partition coefficient (Wildman–Crippen LogP) is 2.00. The van der Waals surface area contributed by atoms with Crippen LogP contribution in [0.1, 0.15) is 11.6 Å². The molecule has 0 saturated carbocycles. The first-order valence-electron chi connectivity index (χ1n) is 5.64. The highest BCUT2D eigenvalue weighted by atomic mass is 15.2. The van der Waals surface area contributed by atoms with Crippen LogP contribution in [0.3, 0.4) is 0 Å². The number of imidazole rings is 1. The Bertz CT molecular complexity index is 480. The Labute approximate surface area is 95.1 Å². The van der Waals surface area contributed by atoms with Crippen molar-refractivity contribution in [2.24, 2.45) is 0 Å². The van der Waals surface area contributed by atoms with Gasteiger partial charge in [0.25, 0.3) is 0 Å². The molecule has 16 heavy (non-hydrogen) atoms. The van der Waals surface area contributed by atoms with Crippen LogP contribution in [0.15, 0.2) is 36.8 Å². The summed E-state index contributed by atoms with van der Waals surface area (Å²) in [6.07, 6.45) is 3.88. The van der Waals surface area contributed by atoms with E-state index in [1.165, 1.54) is 16.8 Å². The smallest absolute Gasteiger partial charge is 0.0954 e. The molecule has 0 spiro atoms. The molecule has 0 aliphatic carbocycles. The summed E-state index contributed by atoms with van der Waals surface area (Å²) in [5.74, 6) is 0. The van der Waals surface area contributed by atoms with E-state index < -0.39 is 0 Å². The molecule has 1 aliphatic rings. The van der Waals surface area contributed by atoms with E-state index in [1.807, 2.05) is 12.5 Å². The average molecular weight is 213 g/mol. The first kappa shape index (κ1) is 9.60. The first-order chi connectivity index (χ1) is 7.84. The minimum atomic E-state index is 0.568. The molecular weight excluding hydrogens is 198 g/mol. The molecule has 3 heteroatoms. The molecule has 2 heterocycles. The Morgan fingerprint density at radius 3 is 2.62 bits per heavy atom. The normalized spacial score (nSPS) is 16.1. The van der Waals surface area contributed by atoms with Crippen molar-refractivity contribution < 1.29 is 0 Å². The molecule has 0 radical (unpaired) electrons. The van der Waals surface area contributed by atoms with Crippen LogP contribution in [0.25, 0.3) is 11.3 Å². The van der Waals surface area contributed by atoms with Crippen LogP contribution in [0.4, 0.5) is 0 Å². The molecule has 0 unspecified atom stereocenters. The zero-order valence-corrected chi connectivity index (χ0v) is 9.35. The topological polar surface area (TPSA) is 29.9 Å². The van der Waals surface area contributed by atoms with Crippen molar-refractivity contribution in [3.05, 3.63) is 42.4 Å². The highest BCUT2D eigenvalue weighted by Gasteiger charge is 2.20. The van der Waals surface area contributed by atoms with Crippen molar-refractivity contribution in [2.75, 3.05) is 13.1 Å². The third-order valence-corrected chi connectivity index (χ3v) is 3.17. The summed E-state index contributed by atoms with van der Waals surface area (Å²) in [6, 6.07) is 9.18. The van der Waals surface area contributed by atoms with Crippen LogP contribution in [0.5, 0.6) is 0 Å². The van der Waals surface area contributed by atoms with Crippen molar-refractivity contribution in [2.45, 2.75) is 13.0 Å². The standard InChI is InChI=1S/C13H15N3/c1-10-2-4-11(5-3-10)13-8-15-9-16(13)12-6-14-7-12/h2-5,8-9,12,14H,6-7H2,1H3. The predicted molar refractivity (Wildman–Crippen MR) is 64.3 cm³/mol. The van der Waals surface area contributed by atoms with Crippen LogP contribution >= 0.6 is 0 Å². The maximum Gasteiger partial charge on any atom is 0.0954 e. The number of hydrogen-bond acceptors (Lipinski definition) is 2. The Morgan fingerprint density at radius 1 is 1.25 bits per heavy atom. The zero-order chi connectivity index (χ0) is 11.0. The summed E-state index contributed by atoms with van der Waals surface area (Å²) in [6.45, 7) is 4.21. The molecule has 1 aromatic heterocycles. The second-order valence-electron chi connectivity index (χ2n) is 4.36. The average Bonchev–Trinajstić information content (AvgIpc) is 2.65. The Morgan fingerprint density at radius 2 is 2.00 bits per heavy atom. The summed E-state index contributed by atoms with van der Waals surface area (Å²) in [4.78, 5) is 4.26. The lowest BCUT2D eigenvalue weighted by Crippen LogP contribution is -2.43. The van der Waals surface area contributed by atoms with Gasteiger partial charge in [-0.2, -0.15) is 0 Å². The van der Waals surface area contributed by atoms with Gasteiger partial charge in [-0.05, 0) is 12.5 Å². The molecule has 0 amide bonds. The molecule has 1 aliphatic heterocycles. The highest BCUT2D eigenvalue weighted by molar-refractivity contribution is 5.59. The Balaban J connectivity index is 1.99. The number of nitrogens with zero attached hydrogens (tertiary/aromatic N) is 2.